The molecule has 0 saturated carbocycles. The molecule has 0 aliphatic rings. The fourth-order valence-corrected chi connectivity index (χ4v) is 0. The summed E-state index contributed by atoms with van der Waals surface area (Å²) < 4.78 is 0. The summed E-state index contributed by atoms with van der Waals surface area (Å²) in [6.45, 7) is 0. The standard InChI is InChI=1S/Ag.Au.Cu.Ir. The first-order valence-corrected chi connectivity index (χ1v) is 0. The maximum absolute atomic E-state index is 0. The number of hydrogen-bond donors (Lipinski definition) is 0. The van der Waals surface area contributed by atoms with E-state index in [9.17, 15) is 0 Å². The first kappa shape index (κ1) is 30.2. The third-order valence-electron chi connectivity index (χ3n) is 0. The van der Waals surface area contributed by atoms with E-state index < -0.39 is 0 Å². The van der Waals surface area contributed by atoms with Gasteiger partial charge in [0, 0.05) is 81.9 Å². The van der Waals surface area contributed by atoms with Gasteiger partial charge in [0.1, 0.15) is 0 Å². The van der Waals surface area contributed by atoms with Crippen molar-refractivity contribution in [1.82, 2.24) is 0 Å². The molecule has 0 bridgehead atoms. The molecule has 0 amide bonds. The quantitative estimate of drug-likeness (QED) is 0.366. The summed E-state index contributed by atoms with van der Waals surface area (Å²) in [5.74, 6) is 0. The second kappa shape index (κ2) is 17.4. The molecule has 4 heteroatoms. The Hall–Kier alpha value is 2.65. The van der Waals surface area contributed by atoms with E-state index in [-0.39, 0.29) is 81.9 Å². The van der Waals surface area contributed by atoms with Crippen LogP contribution in [0.4, 0.5) is 0 Å². The van der Waals surface area contributed by atoms with E-state index in [1.54, 1.807) is 0 Å². The summed E-state index contributed by atoms with van der Waals surface area (Å²) in [5, 5.41) is 0. The van der Waals surface area contributed by atoms with Gasteiger partial charge in [-0.15, -0.1) is 0 Å². The SMILES string of the molecule is [Ag].[Au].[Cu].[Ir]. The maximum Gasteiger partial charge on any atom is 0 e. The molecule has 0 aliphatic carbocycles. The Bertz CT molecular complexity index is 8.00. The van der Waals surface area contributed by atoms with E-state index in [1.165, 1.54) is 0 Å². The van der Waals surface area contributed by atoms with Gasteiger partial charge < -0.3 is 0 Å². The molecule has 0 heterocycles. The van der Waals surface area contributed by atoms with Crippen molar-refractivity contribution < 1.29 is 81.9 Å². The van der Waals surface area contributed by atoms with Crippen LogP contribution in [0.1, 0.15) is 0 Å². The first-order chi connectivity index (χ1) is 0. The molecule has 0 atom stereocenters. The molecule has 0 aromatic heterocycles. The van der Waals surface area contributed by atoms with Crippen molar-refractivity contribution in [2.75, 3.05) is 0 Å². The molecule has 0 unspecified atom stereocenters. The topological polar surface area (TPSA) is 0 Å². The predicted molar refractivity (Wildman–Crippen MR) is 0 cm³/mol. The third kappa shape index (κ3) is 8.82. The predicted octanol–water partition coefficient (Wildman–Crippen LogP) is -0.0100. The summed E-state index contributed by atoms with van der Waals surface area (Å²) in [6.07, 6.45) is 0. The van der Waals surface area contributed by atoms with Gasteiger partial charge in [-0.25, -0.2) is 0 Å². The summed E-state index contributed by atoms with van der Waals surface area (Å²) in [7, 11) is 0. The van der Waals surface area contributed by atoms with Crippen molar-refractivity contribution >= 4 is 0 Å². The summed E-state index contributed by atoms with van der Waals surface area (Å²) in [4.78, 5) is 0. The molecule has 42 valence electrons. The van der Waals surface area contributed by atoms with E-state index in [1.807, 2.05) is 0 Å². The van der Waals surface area contributed by atoms with E-state index in [0.29, 0.717) is 0 Å². The second-order valence-corrected chi connectivity index (χ2v) is 0. The first-order valence-electron chi connectivity index (χ1n) is 0. The number of hydrogen-bond acceptors (Lipinski definition) is 0. The second-order valence-electron chi connectivity index (χ2n) is 0. The average molecular weight is 561 g/mol. The summed E-state index contributed by atoms with van der Waals surface area (Å²) in [6, 6.07) is 0. The van der Waals surface area contributed by atoms with E-state index >= 15 is 0 Å². The fraction of sp³-hybridized carbons (Fsp3) is 0. The van der Waals surface area contributed by atoms with Crippen molar-refractivity contribution in [1.29, 1.82) is 0 Å². The van der Waals surface area contributed by atoms with Gasteiger partial charge in [-0.05, 0) is 0 Å². The summed E-state index contributed by atoms with van der Waals surface area (Å²) in [5.41, 5.74) is 0. The largest absolute Gasteiger partial charge is 0 e. The molecular formula is AgAuCuIr. The molecule has 0 aromatic rings. The molecule has 0 N–H and O–H groups in total. The number of rotatable bonds is 0. The summed E-state index contributed by atoms with van der Waals surface area (Å²) >= 11 is 0. The molecule has 0 rings (SSSR count). The van der Waals surface area contributed by atoms with Gasteiger partial charge in [0.2, 0.25) is 0 Å². The smallest absolute Gasteiger partial charge is 0 e. The van der Waals surface area contributed by atoms with E-state index in [4.69, 9.17) is 0 Å². The van der Waals surface area contributed by atoms with Crippen LogP contribution in [0.2, 0.25) is 0 Å². The van der Waals surface area contributed by atoms with Gasteiger partial charge in [0.05, 0.1) is 0 Å². The average Bonchev–Trinajstić information content (AvgIpc) is 0. The zero-order chi connectivity index (χ0) is 0. The third-order valence-corrected chi connectivity index (χ3v) is 0. The van der Waals surface area contributed by atoms with Crippen molar-refractivity contribution in [2.45, 2.75) is 0 Å². The molecule has 0 saturated heterocycles. The Morgan fingerprint density at radius 3 is 1.00 bits per heavy atom. The van der Waals surface area contributed by atoms with Gasteiger partial charge in [0.25, 0.3) is 0 Å². The molecular weight excluding hydrogens is 561 g/mol. The minimum absolute atomic E-state index is 0. The van der Waals surface area contributed by atoms with Crippen LogP contribution >= 0.6 is 0 Å². The van der Waals surface area contributed by atoms with Gasteiger partial charge in [0.15, 0.2) is 0 Å². The van der Waals surface area contributed by atoms with Gasteiger partial charge in [-0.3, -0.25) is 0 Å². The zero-order valence-electron chi connectivity index (χ0n) is 1.24. The Labute approximate surface area is 80.7 Å². The van der Waals surface area contributed by atoms with Crippen molar-refractivity contribution in [3.63, 3.8) is 0 Å². The van der Waals surface area contributed by atoms with Crippen molar-refractivity contribution in [3.05, 3.63) is 0 Å². The Morgan fingerprint density at radius 2 is 1.00 bits per heavy atom. The van der Waals surface area contributed by atoms with Crippen LogP contribution in [0.5, 0.6) is 0 Å². The molecule has 4 radical (unpaired) electrons. The Balaban J connectivity index is 0. The molecule has 0 aromatic carbocycles. The van der Waals surface area contributed by atoms with Crippen molar-refractivity contribution in [2.24, 2.45) is 0 Å². The Kier molecular flexibility index (Phi) is 132. The van der Waals surface area contributed by atoms with Crippen molar-refractivity contribution in [3.8, 4) is 0 Å². The molecule has 0 spiro atoms. The van der Waals surface area contributed by atoms with Crippen LogP contribution in [0, 0.1) is 0 Å². The van der Waals surface area contributed by atoms with Gasteiger partial charge in [-0.2, -0.15) is 0 Å². The van der Waals surface area contributed by atoms with Gasteiger partial charge >= 0.3 is 0 Å². The fourth-order valence-electron chi connectivity index (χ4n) is 0. The normalized spacial score (nSPS) is 0. The molecule has 0 fully saturated rings. The minimum Gasteiger partial charge on any atom is 0 e. The molecule has 0 aliphatic heterocycles. The zero-order valence-corrected chi connectivity index (χ0v) is 8.22. The van der Waals surface area contributed by atoms with Crippen LogP contribution in [0.15, 0.2) is 0 Å². The monoisotopic (exact) mass is 560 g/mol. The van der Waals surface area contributed by atoms with E-state index in [0.717, 1.165) is 0 Å². The van der Waals surface area contributed by atoms with E-state index in [2.05, 4.69) is 0 Å². The maximum atomic E-state index is 0. The molecule has 0 nitrogen and oxygen atoms in total. The van der Waals surface area contributed by atoms with Gasteiger partial charge in [-0.1, -0.05) is 0 Å². The minimum atomic E-state index is 0. The molecule has 4 heavy (non-hydrogen) atoms. The van der Waals surface area contributed by atoms with Crippen LogP contribution in [-0.2, 0) is 81.9 Å². The van der Waals surface area contributed by atoms with Crippen LogP contribution in [0.3, 0.4) is 0 Å². The van der Waals surface area contributed by atoms with Crippen LogP contribution in [-0.4, -0.2) is 0 Å². The van der Waals surface area contributed by atoms with Crippen LogP contribution < -0.4 is 0 Å². The van der Waals surface area contributed by atoms with Crippen LogP contribution in [0.25, 0.3) is 0 Å². The Morgan fingerprint density at radius 1 is 1.00 bits per heavy atom.